The fourth-order valence-electron chi connectivity index (χ4n) is 5.78. The first-order valence-corrected chi connectivity index (χ1v) is 15.7. The van der Waals surface area contributed by atoms with E-state index in [0.717, 1.165) is 26.0 Å². The van der Waals surface area contributed by atoms with E-state index in [-0.39, 0.29) is 19.3 Å². The molecule has 3 heterocycles. The van der Waals surface area contributed by atoms with Crippen molar-refractivity contribution in [2.45, 2.75) is 44.7 Å². The number of benzene rings is 3. The van der Waals surface area contributed by atoms with E-state index in [4.69, 9.17) is 13.9 Å². The van der Waals surface area contributed by atoms with Gasteiger partial charge >= 0.3 is 11.9 Å². The molecular formula is C35H32N2O8S. The van der Waals surface area contributed by atoms with E-state index in [1.54, 1.807) is 22.3 Å². The van der Waals surface area contributed by atoms with Crippen molar-refractivity contribution >= 4 is 56.4 Å². The summed E-state index contributed by atoms with van der Waals surface area (Å²) in [5.74, 6) is -2.96. The Morgan fingerprint density at radius 3 is 2.54 bits per heavy atom. The molecule has 0 spiro atoms. The number of amides is 1. The number of rotatable bonds is 13. The standard InChI is InChI=1S/C35H32N2O8S/c1-21(37(33(38)17-24(35(41)42)18-34(39)40)19-25-15-23-7-2-5-11-31(23)46-25)26(22-13-14-29-30(16-22)44-20-43-29)8-6-12-32-36-27-9-3-4-10-28(27)45-32/h2-7,9-16,21,24,26H,8,17-20H2,1H3,(H,39,40)(H,41,42)/t21?,24-,26?/m1/s1. The molecule has 236 valence electrons. The fraction of sp³-hybridized carbons (Fsp3) is 0.257. The van der Waals surface area contributed by atoms with E-state index < -0.39 is 42.6 Å². The molecule has 2 N–H and O–H groups in total. The molecule has 0 saturated carbocycles. The molecule has 3 aromatic carbocycles. The molecule has 3 atom stereocenters. The second-order valence-electron chi connectivity index (χ2n) is 11.2. The molecule has 46 heavy (non-hydrogen) atoms. The van der Waals surface area contributed by atoms with Gasteiger partial charge in [0.2, 0.25) is 18.6 Å². The van der Waals surface area contributed by atoms with Crippen molar-refractivity contribution in [1.29, 1.82) is 0 Å². The number of carbonyl (C=O) groups is 3. The van der Waals surface area contributed by atoms with Crippen LogP contribution in [0.25, 0.3) is 27.3 Å². The highest BCUT2D eigenvalue weighted by atomic mass is 32.1. The molecule has 1 aliphatic heterocycles. The van der Waals surface area contributed by atoms with Gasteiger partial charge in [0.25, 0.3) is 0 Å². The van der Waals surface area contributed by atoms with Crippen LogP contribution in [0.3, 0.4) is 0 Å². The number of carboxylic acids is 2. The predicted octanol–water partition coefficient (Wildman–Crippen LogP) is 6.94. The SMILES string of the molecule is CC(C(CC=Cc1nc2ccccc2o1)c1ccc2c(c1)OCO2)N(Cc1cc2ccccc2s1)C(=O)C[C@H](CC(=O)O)C(=O)O. The minimum absolute atomic E-state index is 0.118. The number of oxazole rings is 1. The lowest BCUT2D eigenvalue weighted by Crippen LogP contribution is -2.42. The predicted molar refractivity (Wildman–Crippen MR) is 173 cm³/mol. The number of allylic oxidation sites excluding steroid dienone is 1. The highest BCUT2D eigenvalue weighted by Crippen LogP contribution is 2.38. The third-order valence-electron chi connectivity index (χ3n) is 8.17. The normalized spacial score (nSPS) is 14.5. The van der Waals surface area contributed by atoms with Crippen LogP contribution in [0.1, 0.15) is 48.4 Å². The van der Waals surface area contributed by atoms with Gasteiger partial charge in [-0.3, -0.25) is 14.4 Å². The molecule has 0 aliphatic carbocycles. The van der Waals surface area contributed by atoms with E-state index >= 15 is 0 Å². The molecule has 2 aromatic heterocycles. The maximum Gasteiger partial charge on any atom is 0.307 e. The Bertz CT molecular complexity index is 1860. The zero-order chi connectivity index (χ0) is 32.2. The first kappa shape index (κ1) is 30.8. The summed E-state index contributed by atoms with van der Waals surface area (Å²) in [6, 6.07) is 22.7. The largest absolute Gasteiger partial charge is 0.481 e. The van der Waals surface area contributed by atoms with Gasteiger partial charge in [0.1, 0.15) is 5.52 Å². The Kier molecular flexibility index (Phi) is 9.02. The first-order valence-electron chi connectivity index (χ1n) is 14.9. The van der Waals surface area contributed by atoms with Crippen LogP contribution < -0.4 is 9.47 Å². The maximum absolute atomic E-state index is 14.0. The van der Waals surface area contributed by atoms with Crippen LogP contribution >= 0.6 is 11.3 Å². The molecule has 0 saturated heterocycles. The van der Waals surface area contributed by atoms with E-state index in [9.17, 15) is 24.6 Å². The number of aliphatic carboxylic acids is 2. The molecule has 0 fully saturated rings. The summed E-state index contributed by atoms with van der Waals surface area (Å²) in [5, 5.41) is 20.1. The van der Waals surface area contributed by atoms with Gasteiger partial charge in [-0.2, -0.15) is 0 Å². The van der Waals surface area contributed by atoms with Crippen molar-refractivity contribution in [3.63, 3.8) is 0 Å². The van der Waals surface area contributed by atoms with Crippen LogP contribution in [-0.2, 0) is 20.9 Å². The second-order valence-corrected chi connectivity index (χ2v) is 12.4. The molecule has 11 heteroatoms. The van der Waals surface area contributed by atoms with Gasteiger partial charge in [-0.25, -0.2) is 4.98 Å². The number of nitrogens with zero attached hydrogens (tertiary/aromatic N) is 2. The van der Waals surface area contributed by atoms with E-state index in [0.29, 0.717) is 29.4 Å². The molecule has 1 aliphatic rings. The average Bonchev–Trinajstić information content (AvgIpc) is 3.78. The Morgan fingerprint density at radius 2 is 1.76 bits per heavy atom. The maximum atomic E-state index is 14.0. The molecule has 2 unspecified atom stereocenters. The molecule has 0 bridgehead atoms. The lowest BCUT2D eigenvalue weighted by Gasteiger charge is -2.35. The number of thiophene rings is 1. The number of carboxylic acid groups (broad SMARTS) is 2. The number of aromatic nitrogens is 1. The summed E-state index contributed by atoms with van der Waals surface area (Å²) >= 11 is 1.56. The van der Waals surface area contributed by atoms with Gasteiger partial charge in [0.05, 0.1) is 18.9 Å². The molecule has 10 nitrogen and oxygen atoms in total. The summed E-state index contributed by atoms with van der Waals surface area (Å²) < 4.78 is 18.1. The Hall–Kier alpha value is -5.16. The monoisotopic (exact) mass is 640 g/mol. The van der Waals surface area contributed by atoms with Crippen molar-refractivity contribution < 1.29 is 38.5 Å². The summed E-state index contributed by atoms with van der Waals surface area (Å²) in [7, 11) is 0. The minimum Gasteiger partial charge on any atom is -0.481 e. The first-order chi connectivity index (χ1) is 22.2. The Balaban J connectivity index is 1.34. The van der Waals surface area contributed by atoms with E-state index in [1.807, 2.05) is 85.8 Å². The van der Waals surface area contributed by atoms with Gasteiger partial charge in [0, 0.05) is 28.0 Å². The van der Waals surface area contributed by atoms with Gasteiger partial charge in [0.15, 0.2) is 17.1 Å². The van der Waals surface area contributed by atoms with Crippen molar-refractivity contribution in [3.05, 3.63) is 95.2 Å². The number of fused-ring (bicyclic) bond motifs is 3. The van der Waals surface area contributed by atoms with Crippen LogP contribution in [0.4, 0.5) is 0 Å². The Labute approximate surface area is 268 Å². The van der Waals surface area contributed by atoms with Crippen molar-refractivity contribution in [3.8, 4) is 11.5 Å². The average molecular weight is 641 g/mol. The smallest absolute Gasteiger partial charge is 0.307 e. The summed E-state index contributed by atoms with van der Waals surface area (Å²) in [4.78, 5) is 44.5. The zero-order valence-electron chi connectivity index (χ0n) is 25.0. The van der Waals surface area contributed by atoms with Crippen LogP contribution in [0.2, 0.25) is 0 Å². The summed E-state index contributed by atoms with van der Waals surface area (Å²) in [6.45, 7) is 2.28. The summed E-state index contributed by atoms with van der Waals surface area (Å²) in [6.07, 6.45) is 3.14. The van der Waals surface area contributed by atoms with Crippen LogP contribution in [-0.4, -0.2) is 50.8 Å². The van der Waals surface area contributed by atoms with E-state index in [1.165, 1.54) is 0 Å². The van der Waals surface area contributed by atoms with Gasteiger partial charge in [-0.05, 0) is 66.8 Å². The third kappa shape index (κ3) is 6.89. The van der Waals surface area contributed by atoms with Crippen LogP contribution in [0.5, 0.6) is 11.5 Å². The van der Waals surface area contributed by atoms with Gasteiger partial charge in [-0.1, -0.05) is 42.5 Å². The number of hydrogen-bond acceptors (Lipinski definition) is 8. The molecular weight excluding hydrogens is 608 g/mol. The van der Waals surface area contributed by atoms with Gasteiger partial charge < -0.3 is 29.0 Å². The highest BCUT2D eigenvalue weighted by molar-refractivity contribution is 7.19. The minimum atomic E-state index is -1.36. The molecule has 6 rings (SSSR count). The number of hydrogen-bond donors (Lipinski definition) is 2. The number of carbonyl (C=O) groups excluding carboxylic acids is 1. The molecule has 1 amide bonds. The van der Waals surface area contributed by atoms with Crippen molar-refractivity contribution in [2.24, 2.45) is 5.92 Å². The second kappa shape index (κ2) is 13.5. The Morgan fingerprint density at radius 1 is 0.978 bits per heavy atom. The van der Waals surface area contributed by atoms with Crippen molar-refractivity contribution in [2.75, 3.05) is 6.79 Å². The lowest BCUT2D eigenvalue weighted by atomic mass is 9.87. The van der Waals surface area contributed by atoms with Crippen LogP contribution in [0.15, 0.2) is 83.3 Å². The van der Waals surface area contributed by atoms with E-state index in [2.05, 4.69) is 4.98 Å². The number of ether oxygens (including phenoxy) is 2. The summed E-state index contributed by atoms with van der Waals surface area (Å²) in [5.41, 5.74) is 2.32. The zero-order valence-corrected chi connectivity index (χ0v) is 25.8. The number of para-hydroxylation sites is 2. The third-order valence-corrected chi connectivity index (χ3v) is 9.27. The fourth-order valence-corrected chi connectivity index (χ4v) is 6.84. The molecule has 0 radical (unpaired) electrons. The quantitative estimate of drug-likeness (QED) is 0.140. The van der Waals surface area contributed by atoms with Gasteiger partial charge in [-0.15, -0.1) is 11.3 Å². The highest BCUT2D eigenvalue weighted by Gasteiger charge is 2.33. The van der Waals surface area contributed by atoms with Crippen molar-refractivity contribution in [1.82, 2.24) is 9.88 Å². The van der Waals surface area contributed by atoms with Crippen LogP contribution in [0, 0.1) is 5.92 Å². The lowest BCUT2D eigenvalue weighted by molar-refractivity contribution is -0.151. The topological polar surface area (TPSA) is 139 Å². The molecule has 5 aromatic rings.